The van der Waals surface area contributed by atoms with E-state index in [0.717, 1.165) is 24.2 Å². The van der Waals surface area contributed by atoms with Crippen LogP contribution in [0.15, 0.2) is 48.5 Å². The summed E-state index contributed by atoms with van der Waals surface area (Å²) in [4.78, 5) is 2.22. The van der Waals surface area contributed by atoms with Crippen molar-refractivity contribution in [2.75, 3.05) is 6.54 Å². The Kier molecular flexibility index (Phi) is 5.27. The smallest absolute Gasteiger partial charge is 0.128 e. The predicted molar refractivity (Wildman–Crippen MR) is 80.5 cm³/mol. The monoisotopic (exact) mass is 272 g/mol. The summed E-state index contributed by atoms with van der Waals surface area (Å²) in [5.41, 5.74) is 8.32. The molecule has 0 saturated heterocycles. The molecule has 0 unspecified atom stereocenters. The SMILES string of the molecule is CCN(Cc1ccccc1)Cc1ccc(CN)cc1F. The summed E-state index contributed by atoms with van der Waals surface area (Å²) in [6.07, 6.45) is 0. The van der Waals surface area contributed by atoms with Gasteiger partial charge in [-0.15, -0.1) is 0 Å². The number of benzene rings is 2. The highest BCUT2D eigenvalue weighted by molar-refractivity contribution is 5.24. The zero-order valence-electron chi connectivity index (χ0n) is 11.8. The summed E-state index contributed by atoms with van der Waals surface area (Å²) in [5, 5.41) is 0. The molecule has 0 atom stereocenters. The van der Waals surface area contributed by atoms with Gasteiger partial charge in [0.1, 0.15) is 5.82 Å². The first-order valence-electron chi connectivity index (χ1n) is 6.96. The molecule has 3 heteroatoms. The lowest BCUT2D eigenvalue weighted by Gasteiger charge is -2.21. The van der Waals surface area contributed by atoms with Gasteiger partial charge in [-0.1, -0.05) is 49.4 Å². The van der Waals surface area contributed by atoms with Crippen LogP contribution in [0.1, 0.15) is 23.6 Å². The van der Waals surface area contributed by atoms with Crippen molar-refractivity contribution < 1.29 is 4.39 Å². The molecule has 106 valence electrons. The molecular weight excluding hydrogens is 251 g/mol. The molecule has 2 nitrogen and oxygen atoms in total. The molecule has 0 saturated carbocycles. The van der Waals surface area contributed by atoms with E-state index in [4.69, 9.17) is 5.73 Å². The van der Waals surface area contributed by atoms with Crippen LogP contribution in [0.2, 0.25) is 0 Å². The van der Waals surface area contributed by atoms with Crippen molar-refractivity contribution in [2.45, 2.75) is 26.6 Å². The molecule has 0 aliphatic heterocycles. The highest BCUT2D eigenvalue weighted by Gasteiger charge is 2.09. The molecule has 0 aliphatic carbocycles. The van der Waals surface area contributed by atoms with Gasteiger partial charge in [0.15, 0.2) is 0 Å². The molecule has 0 aliphatic rings. The Balaban J connectivity index is 2.06. The van der Waals surface area contributed by atoms with Gasteiger partial charge in [-0.25, -0.2) is 4.39 Å². The van der Waals surface area contributed by atoms with Gasteiger partial charge in [-0.05, 0) is 23.7 Å². The average Bonchev–Trinajstić information content (AvgIpc) is 2.49. The van der Waals surface area contributed by atoms with Crippen LogP contribution in [0.25, 0.3) is 0 Å². The Labute approximate surface area is 120 Å². The van der Waals surface area contributed by atoms with Crippen LogP contribution >= 0.6 is 0 Å². The molecule has 2 aromatic rings. The van der Waals surface area contributed by atoms with E-state index in [1.165, 1.54) is 11.6 Å². The molecular formula is C17H21FN2. The Morgan fingerprint density at radius 3 is 2.35 bits per heavy atom. The van der Waals surface area contributed by atoms with Crippen LogP contribution in [0.4, 0.5) is 4.39 Å². The molecule has 2 rings (SSSR count). The maximum absolute atomic E-state index is 14.0. The van der Waals surface area contributed by atoms with Gasteiger partial charge in [0.25, 0.3) is 0 Å². The molecule has 0 heterocycles. The van der Waals surface area contributed by atoms with Crippen LogP contribution in [0, 0.1) is 5.82 Å². The normalized spacial score (nSPS) is 11.0. The minimum absolute atomic E-state index is 0.167. The molecule has 2 N–H and O–H groups in total. The van der Waals surface area contributed by atoms with Gasteiger partial charge in [0.2, 0.25) is 0 Å². The van der Waals surface area contributed by atoms with E-state index in [-0.39, 0.29) is 5.82 Å². The molecule has 0 amide bonds. The van der Waals surface area contributed by atoms with E-state index in [9.17, 15) is 4.39 Å². The standard InChI is InChI=1S/C17H21FN2/c1-2-20(12-14-6-4-3-5-7-14)13-16-9-8-15(11-19)10-17(16)18/h3-10H,2,11-13,19H2,1H3. The van der Waals surface area contributed by atoms with Crippen molar-refractivity contribution in [3.8, 4) is 0 Å². The minimum atomic E-state index is -0.167. The van der Waals surface area contributed by atoms with Crippen molar-refractivity contribution in [2.24, 2.45) is 5.73 Å². The van der Waals surface area contributed by atoms with Gasteiger partial charge in [-0.3, -0.25) is 4.90 Å². The average molecular weight is 272 g/mol. The quantitative estimate of drug-likeness (QED) is 0.874. The van der Waals surface area contributed by atoms with Gasteiger partial charge in [-0.2, -0.15) is 0 Å². The van der Waals surface area contributed by atoms with Gasteiger partial charge >= 0.3 is 0 Å². The third kappa shape index (κ3) is 3.89. The second-order valence-corrected chi connectivity index (χ2v) is 4.92. The highest BCUT2D eigenvalue weighted by Crippen LogP contribution is 2.14. The number of hydrogen-bond acceptors (Lipinski definition) is 2. The third-order valence-electron chi connectivity index (χ3n) is 3.44. The molecule has 0 fully saturated rings. The van der Waals surface area contributed by atoms with E-state index >= 15 is 0 Å². The fourth-order valence-corrected chi connectivity index (χ4v) is 2.21. The van der Waals surface area contributed by atoms with Gasteiger partial charge < -0.3 is 5.73 Å². The first kappa shape index (κ1) is 14.7. The number of hydrogen-bond donors (Lipinski definition) is 1. The number of nitrogens with zero attached hydrogens (tertiary/aromatic N) is 1. The lowest BCUT2D eigenvalue weighted by atomic mass is 10.1. The third-order valence-corrected chi connectivity index (χ3v) is 3.44. The Hall–Kier alpha value is -1.71. The molecule has 2 aromatic carbocycles. The van der Waals surface area contributed by atoms with Crippen LogP contribution in [0.3, 0.4) is 0 Å². The van der Waals surface area contributed by atoms with Crippen LogP contribution < -0.4 is 5.73 Å². The summed E-state index contributed by atoms with van der Waals surface area (Å²) < 4.78 is 14.0. The first-order valence-corrected chi connectivity index (χ1v) is 6.96. The topological polar surface area (TPSA) is 29.3 Å². The molecule has 0 bridgehead atoms. The molecule has 0 radical (unpaired) electrons. The Morgan fingerprint density at radius 1 is 1.00 bits per heavy atom. The second kappa shape index (κ2) is 7.17. The van der Waals surface area contributed by atoms with E-state index in [1.54, 1.807) is 0 Å². The fraction of sp³-hybridized carbons (Fsp3) is 0.294. The largest absolute Gasteiger partial charge is 0.326 e. The molecule has 0 spiro atoms. The fourth-order valence-electron chi connectivity index (χ4n) is 2.21. The van der Waals surface area contributed by atoms with Crippen LogP contribution in [-0.2, 0) is 19.6 Å². The Morgan fingerprint density at radius 2 is 1.75 bits per heavy atom. The lowest BCUT2D eigenvalue weighted by molar-refractivity contribution is 0.267. The van der Waals surface area contributed by atoms with Crippen molar-refractivity contribution in [1.82, 2.24) is 4.90 Å². The van der Waals surface area contributed by atoms with Crippen molar-refractivity contribution in [3.05, 3.63) is 71.0 Å². The van der Waals surface area contributed by atoms with Crippen molar-refractivity contribution in [3.63, 3.8) is 0 Å². The highest BCUT2D eigenvalue weighted by atomic mass is 19.1. The lowest BCUT2D eigenvalue weighted by Crippen LogP contribution is -2.23. The summed E-state index contributed by atoms with van der Waals surface area (Å²) in [6.45, 7) is 4.79. The van der Waals surface area contributed by atoms with Crippen LogP contribution in [0.5, 0.6) is 0 Å². The summed E-state index contributed by atoms with van der Waals surface area (Å²) in [7, 11) is 0. The zero-order valence-corrected chi connectivity index (χ0v) is 11.8. The van der Waals surface area contributed by atoms with E-state index in [0.29, 0.717) is 13.1 Å². The van der Waals surface area contributed by atoms with E-state index < -0.39 is 0 Å². The first-order chi connectivity index (χ1) is 9.72. The second-order valence-electron chi connectivity index (χ2n) is 4.92. The number of rotatable bonds is 6. The number of halogens is 1. The van der Waals surface area contributed by atoms with E-state index in [1.807, 2.05) is 30.3 Å². The summed E-state index contributed by atoms with van der Waals surface area (Å²) in [5.74, 6) is -0.167. The minimum Gasteiger partial charge on any atom is -0.326 e. The predicted octanol–water partition coefficient (Wildman–Crippen LogP) is 3.31. The zero-order chi connectivity index (χ0) is 14.4. The molecule has 0 aromatic heterocycles. The van der Waals surface area contributed by atoms with Crippen LogP contribution in [-0.4, -0.2) is 11.4 Å². The summed E-state index contributed by atoms with van der Waals surface area (Å²) >= 11 is 0. The maximum atomic E-state index is 14.0. The van der Waals surface area contributed by atoms with Crippen molar-refractivity contribution in [1.29, 1.82) is 0 Å². The molecule has 20 heavy (non-hydrogen) atoms. The van der Waals surface area contributed by atoms with Crippen molar-refractivity contribution >= 4 is 0 Å². The number of nitrogens with two attached hydrogens (primary N) is 1. The van der Waals surface area contributed by atoms with E-state index in [2.05, 4.69) is 24.0 Å². The van der Waals surface area contributed by atoms with Gasteiger partial charge in [0.05, 0.1) is 0 Å². The maximum Gasteiger partial charge on any atom is 0.128 e. The van der Waals surface area contributed by atoms with Gasteiger partial charge in [0, 0.05) is 25.2 Å². The summed E-state index contributed by atoms with van der Waals surface area (Å²) in [6, 6.07) is 15.5. The Bertz CT molecular complexity index is 540.